The molecule has 3 aromatic carbocycles. The molecule has 0 atom stereocenters. The second kappa shape index (κ2) is 8.78. The Labute approximate surface area is 190 Å². The molecule has 7 heteroatoms. The Bertz CT molecular complexity index is 1390. The van der Waals surface area contributed by atoms with Gasteiger partial charge in [-0.25, -0.2) is 4.98 Å². The minimum atomic E-state index is -0.167. The lowest BCUT2D eigenvalue weighted by Crippen LogP contribution is -2.26. The number of aryl methyl sites for hydroxylation is 1. The fraction of sp³-hybridized carbons (Fsp3) is 0.192. The Hall–Kier alpha value is -4.13. The van der Waals surface area contributed by atoms with Crippen LogP contribution in [0.2, 0.25) is 0 Å². The molecule has 166 valence electrons. The number of nitrogens with zero attached hydrogens (tertiary/aromatic N) is 2. The number of benzene rings is 3. The van der Waals surface area contributed by atoms with Crippen LogP contribution in [0.3, 0.4) is 0 Å². The number of nitrogens with one attached hydrogen (secondary N) is 1. The number of carbonyl (C=O) groups is 1. The first-order valence-corrected chi connectivity index (χ1v) is 10.9. The molecular weight excluding hydrogens is 418 g/mol. The molecule has 1 aliphatic heterocycles. The van der Waals surface area contributed by atoms with Gasteiger partial charge in [0.2, 0.25) is 0 Å². The van der Waals surface area contributed by atoms with Gasteiger partial charge in [-0.15, -0.1) is 0 Å². The zero-order valence-electron chi connectivity index (χ0n) is 18.2. The van der Waals surface area contributed by atoms with E-state index in [0.29, 0.717) is 54.2 Å². The Morgan fingerprint density at radius 2 is 1.76 bits per heavy atom. The lowest BCUT2D eigenvalue weighted by molar-refractivity contribution is 0.0954. The molecule has 33 heavy (non-hydrogen) atoms. The lowest BCUT2D eigenvalue weighted by Gasteiger charge is -2.18. The van der Waals surface area contributed by atoms with Crippen LogP contribution in [0.1, 0.15) is 21.7 Å². The van der Waals surface area contributed by atoms with Crippen LogP contribution in [0.4, 0.5) is 0 Å². The SMILES string of the molecule is Cc1nc2ccccc2c(=O)n1-c1ccc(C(=O)NCCc2ccc3c(c2)OCCO3)cc1. The molecule has 0 saturated heterocycles. The molecular formula is C26H23N3O4. The van der Waals surface area contributed by atoms with Gasteiger partial charge in [0.15, 0.2) is 11.5 Å². The number of aromatic nitrogens is 2. The predicted molar refractivity (Wildman–Crippen MR) is 126 cm³/mol. The van der Waals surface area contributed by atoms with E-state index in [9.17, 15) is 9.59 Å². The zero-order chi connectivity index (χ0) is 22.8. The molecule has 7 nitrogen and oxygen atoms in total. The van der Waals surface area contributed by atoms with Crippen molar-refractivity contribution in [3.05, 3.63) is 94.0 Å². The van der Waals surface area contributed by atoms with E-state index in [1.165, 1.54) is 0 Å². The maximum atomic E-state index is 13.0. The van der Waals surface area contributed by atoms with Crippen LogP contribution in [-0.2, 0) is 6.42 Å². The van der Waals surface area contributed by atoms with Crippen molar-refractivity contribution in [1.82, 2.24) is 14.9 Å². The normalized spacial score (nSPS) is 12.5. The molecule has 1 aliphatic rings. The average Bonchev–Trinajstić information content (AvgIpc) is 2.84. The highest BCUT2D eigenvalue weighted by Crippen LogP contribution is 2.30. The van der Waals surface area contributed by atoms with Crippen molar-refractivity contribution in [2.45, 2.75) is 13.3 Å². The third-order valence-corrected chi connectivity index (χ3v) is 5.64. The fourth-order valence-corrected chi connectivity index (χ4v) is 3.98. The molecule has 5 rings (SSSR count). The van der Waals surface area contributed by atoms with Gasteiger partial charge in [0.05, 0.1) is 16.6 Å². The van der Waals surface area contributed by atoms with Crippen LogP contribution in [-0.4, -0.2) is 35.2 Å². The molecule has 2 heterocycles. The summed E-state index contributed by atoms with van der Waals surface area (Å²) in [5.74, 6) is 1.93. The quantitative estimate of drug-likeness (QED) is 0.513. The fourth-order valence-electron chi connectivity index (χ4n) is 3.98. The first-order valence-electron chi connectivity index (χ1n) is 10.9. The molecule has 0 saturated carbocycles. The van der Waals surface area contributed by atoms with E-state index in [0.717, 1.165) is 17.1 Å². The van der Waals surface area contributed by atoms with E-state index in [2.05, 4.69) is 10.3 Å². The van der Waals surface area contributed by atoms with E-state index < -0.39 is 0 Å². The van der Waals surface area contributed by atoms with Gasteiger partial charge in [-0.3, -0.25) is 14.2 Å². The average molecular weight is 441 g/mol. The molecule has 0 aliphatic carbocycles. The molecule has 0 unspecified atom stereocenters. The number of carbonyl (C=O) groups excluding carboxylic acids is 1. The van der Waals surface area contributed by atoms with Gasteiger partial charge in [-0.1, -0.05) is 18.2 Å². The summed E-state index contributed by atoms with van der Waals surface area (Å²) in [6.45, 7) is 3.40. The summed E-state index contributed by atoms with van der Waals surface area (Å²) in [6, 6.07) is 20.1. The van der Waals surface area contributed by atoms with Crippen LogP contribution in [0.25, 0.3) is 16.6 Å². The number of rotatable bonds is 5. The summed E-state index contributed by atoms with van der Waals surface area (Å²) in [4.78, 5) is 30.1. The Kier molecular flexibility index (Phi) is 5.52. The maximum absolute atomic E-state index is 13.0. The lowest BCUT2D eigenvalue weighted by atomic mass is 10.1. The standard InChI is InChI=1S/C26H23N3O4/c1-17-28-22-5-3-2-4-21(22)26(31)29(17)20-9-7-19(8-10-20)25(30)27-13-12-18-6-11-23-24(16-18)33-15-14-32-23/h2-11,16H,12-15H2,1H3,(H,27,30). The number of fused-ring (bicyclic) bond motifs is 2. The van der Waals surface area contributed by atoms with E-state index in [1.807, 2.05) is 36.4 Å². The van der Waals surface area contributed by atoms with Crippen molar-refractivity contribution >= 4 is 16.8 Å². The van der Waals surface area contributed by atoms with Gasteiger partial charge in [-0.05, 0) is 67.4 Å². The highest BCUT2D eigenvalue weighted by Gasteiger charge is 2.13. The summed E-state index contributed by atoms with van der Waals surface area (Å²) in [6.07, 6.45) is 0.678. The van der Waals surface area contributed by atoms with Crippen molar-refractivity contribution in [2.24, 2.45) is 0 Å². The first kappa shape index (κ1) is 20.8. The number of hydrogen-bond donors (Lipinski definition) is 1. The van der Waals surface area contributed by atoms with Crippen molar-refractivity contribution in [3.63, 3.8) is 0 Å². The highest BCUT2D eigenvalue weighted by atomic mass is 16.6. The van der Waals surface area contributed by atoms with Crippen molar-refractivity contribution in [2.75, 3.05) is 19.8 Å². The zero-order valence-corrected chi connectivity index (χ0v) is 18.2. The minimum absolute atomic E-state index is 0.130. The molecule has 1 N–H and O–H groups in total. The monoisotopic (exact) mass is 441 g/mol. The van der Waals surface area contributed by atoms with Crippen LogP contribution >= 0.6 is 0 Å². The molecule has 0 radical (unpaired) electrons. The van der Waals surface area contributed by atoms with Crippen LogP contribution in [0.5, 0.6) is 11.5 Å². The summed E-state index contributed by atoms with van der Waals surface area (Å²) < 4.78 is 12.7. The molecule has 1 amide bonds. The summed E-state index contributed by atoms with van der Waals surface area (Å²) >= 11 is 0. The van der Waals surface area contributed by atoms with Gasteiger partial charge in [0, 0.05) is 12.1 Å². The first-order chi connectivity index (χ1) is 16.1. The third-order valence-electron chi connectivity index (χ3n) is 5.64. The molecule has 0 fully saturated rings. The number of ether oxygens (including phenoxy) is 2. The molecule has 4 aromatic rings. The van der Waals surface area contributed by atoms with Crippen molar-refractivity contribution < 1.29 is 14.3 Å². The van der Waals surface area contributed by atoms with Crippen LogP contribution in [0.15, 0.2) is 71.5 Å². The summed E-state index contributed by atoms with van der Waals surface area (Å²) in [5, 5.41) is 3.50. The van der Waals surface area contributed by atoms with Gasteiger partial charge in [0.1, 0.15) is 19.0 Å². The summed E-state index contributed by atoms with van der Waals surface area (Å²) in [5.41, 5.74) is 2.80. The Morgan fingerprint density at radius 3 is 2.58 bits per heavy atom. The molecule has 1 aromatic heterocycles. The number of hydrogen-bond acceptors (Lipinski definition) is 5. The number of para-hydroxylation sites is 1. The largest absolute Gasteiger partial charge is 0.486 e. The summed E-state index contributed by atoms with van der Waals surface area (Å²) in [7, 11) is 0. The highest BCUT2D eigenvalue weighted by molar-refractivity contribution is 5.94. The van der Waals surface area contributed by atoms with E-state index in [4.69, 9.17) is 9.47 Å². The minimum Gasteiger partial charge on any atom is -0.486 e. The van der Waals surface area contributed by atoms with Crippen molar-refractivity contribution in [1.29, 1.82) is 0 Å². The molecule has 0 spiro atoms. The smallest absolute Gasteiger partial charge is 0.265 e. The second-order valence-corrected chi connectivity index (χ2v) is 7.85. The van der Waals surface area contributed by atoms with Crippen LogP contribution in [0, 0.1) is 6.92 Å². The van der Waals surface area contributed by atoms with E-state index in [-0.39, 0.29) is 11.5 Å². The van der Waals surface area contributed by atoms with Crippen molar-refractivity contribution in [3.8, 4) is 17.2 Å². The van der Waals surface area contributed by atoms with E-state index >= 15 is 0 Å². The van der Waals surface area contributed by atoms with Gasteiger partial charge in [-0.2, -0.15) is 0 Å². The Morgan fingerprint density at radius 1 is 1.00 bits per heavy atom. The predicted octanol–water partition coefficient (Wildman–Crippen LogP) is 3.44. The van der Waals surface area contributed by atoms with Gasteiger partial charge >= 0.3 is 0 Å². The number of amides is 1. The van der Waals surface area contributed by atoms with E-state index in [1.54, 1.807) is 41.8 Å². The van der Waals surface area contributed by atoms with Gasteiger partial charge < -0.3 is 14.8 Å². The topological polar surface area (TPSA) is 82.5 Å². The third kappa shape index (κ3) is 4.17. The van der Waals surface area contributed by atoms with Crippen LogP contribution < -0.4 is 20.3 Å². The second-order valence-electron chi connectivity index (χ2n) is 7.85. The molecule has 0 bridgehead atoms. The van der Waals surface area contributed by atoms with Gasteiger partial charge in [0.25, 0.3) is 11.5 Å². The Balaban J connectivity index is 1.27. The maximum Gasteiger partial charge on any atom is 0.265 e.